The van der Waals surface area contributed by atoms with Crippen LogP contribution in [0.5, 0.6) is 5.75 Å². The van der Waals surface area contributed by atoms with Crippen molar-refractivity contribution in [1.29, 1.82) is 0 Å². The van der Waals surface area contributed by atoms with E-state index >= 15 is 0 Å². The van der Waals surface area contributed by atoms with Crippen molar-refractivity contribution < 1.29 is 14.3 Å². The standard InChI is InChI=1S/C32H31Br2N3O4S/c1-6-8-25-28(31(39)41-7-2)29(24-17-22(34)11-14-26(24)40-5)37-30(38)27(42-32(37)35-25)16-20-15-18(3)36(19(20)4)23-12-9-21(33)10-13-23/h9-17,29H,6-8H2,1-5H3/b27-16+/t29-/m1/s1. The third kappa shape index (κ3) is 5.59. The van der Waals surface area contributed by atoms with E-state index < -0.39 is 12.0 Å². The molecule has 1 aliphatic heterocycles. The van der Waals surface area contributed by atoms with Crippen LogP contribution >= 0.6 is 43.2 Å². The van der Waals surface area contributed by atoms with Crippen molar-refractivity contribution in [1.82, 2.24) is 9.13 Å². The number of benzene rings is 2. The minimum absolute atomic E-state index is 0.211. The molecule has 42 heavy (non-hydrogen) atoms. The fraction of sp³-hybridized carbons (Fsp3) is 0.281. The van der Waals surface area contributed by atoms with Gasteiger partial charge in [0.15, 0.2) is 4.80 Å². The summed E-state index contributed by atoms with van der Waals surface area (Å²) in [6.07, 6.45) is 3.27. The van der Waals surface area contributed by atoms with Gasteiger partial charge < -0.3 is 14.0 Å². The number of halogens is 2. The van der Waals surface area contributed by atoms with Crippen LogP contribution in [0.3, 0.4) is 0 Å². The minimum Gasteiger partial charge on any atom is -0.496 e. The molecule has 2 aromatic carbocycles. The van der Waals surface area contributed by atoms with Crippen molar-refractivity contribution in [2.75, 3.05) is 13.7 Å². The van der Waals surface area contributed by atoms with E-state index in [0.29, 0.717) is 38.3 Å². The lowest BCUT2D eigenvalue weighted by Crippen LogP contribution is -2.40. The lowest BCUT2D eigenvalue weighted by Gasteiger charge is -2.27. The molecule has 0 radical (unpaired) electrons. The number of methoxy groups -OCH3 is 1. The average Bonchev–Trinajstić information content (AvgIpc) is 3.42. The van der Waals surface area contributed by atoms with E-state index in [1.165, 1.54) is 11.3 Å². The molecule has 0 N–H and O–H groups in total. The maximum atomic E-state index is 14.2. The van der Waals surface area contributed by atoms with E-state index in [0.717, 1.165) is 38.0 Å². The van der Waals surface area contributed by atoms with Crippen LogP contribution in [0.4, 0.5) is 0 Å². The molecule has 3 heterocycles. The smallest absolute Gasteiger partial charge is 0.338 e. The average molecular weight is 713 g/mol. The molecule has 0 saturated carbocycles. The van der Waals surface area contributed by atoms with E-state index in [2.05, 4.69) is 61.5 Å². The van der Waals surface area contributed by atoms with Gasteiger partial charge in [0.2, 0.25) is 0 Å². The first-order chi connectivity index (χ1) is 20.2. The molecule has 0 unspecified atom stereocenters. The first-order valence-electron chi connectivity index (χ1n) is 13.7. The number of esters is 1. The Hall–Kier alpha value is -3.21. The summed E-state index contributed by atoms with van der Waals surface area (Å²) >= 11 is 8.40. The van der Waals surface area contributed by atoms with Crippen molar-refractivity contribution in [3.8, 4) is 11.4 Å². The molecule has 1 aliphatic rings. The summed E-state index contributed by atoms with van der Waals surface area (Å²) in [5.41, 5.74) is 5.50. The molecule has 5 rings (SSSR count). The van der Waals surface area contributed by atoms with Crippen LogP contribution in [-0.4, -0.2) is 28.8 Å². The lowest BCUT2D eigenvalue weighted by atomic mass is 9.93. The van der Waals surface area contributed by atoms with Crippen molar-refractivity contribution in [3.05, 3.63) is 111 Å². The molecule has 0 amide bonds. The van der Waals surface area contributed by atoms with Crippen LogP contribution < -0.4 is 19.6 Å². The Labute approximate surface area is 265 Å². The number of carbonyl (C=O) groups is 1. The van der Waals surface area contributed by atoms with Gasteiger partial charge in [-0.2, -0.15) is 0 Å². The topological polar surface area (TPSA) is 74.8 Å². The van der Waals surface area contributed by atoms with Crippen LogP contribution in [0.25, 0.3) is 11.8 Å². The number of aryl methyl sites for hydroxylation is 1. The van der Waals surface area contributed by atoms with Crippen molar-refractivity contribution in [2.45, 2.75) is 46.6 Å². The highest BCUT2D eigenvalue weighted by atomic mass is 79.9. The maximum absolute atomic E-state index is 14.2. The number of thiazole rings is 1. The van der Waals surface area contributed by atoms with Crippen LogP contribution in [0.2, 0.25) is 0 Å². The van der Waals surface area contributed by atoms with Crippen LogP contribution in [0.15, 0.2) is 78.5 Å². The highest BCUT2D eigenvalue weighted by Crippen LogP contribution is 2.38. The molecule has 7 nitrogen and oxygen atoms in total. The number of ether oxygens (including phenoxy) is 2. The SMILES string of the molecule is CCCC1=C(C(=O)OCC)[C@@H](c2cc(Br)ccc2OC)n2c(s/c(=C/c3cc(C)n(-c4ccc(Br)cc4)c3C)c2=O)=N1. The van der Waals surface area contributed by atoms with E-state index in [-0.39, 0.29) is 12.2 Å². The predicted octanol–water partition coefficient (Wildman–Crippen LogP) is 6.52. The number of fused-ring (bicyclic) bond motifs is 1. The Morgan fingerprint density at radius 3 is 2.45 bits per heavy atom. The highest BCUT2D eigenvalue weighted by Gasteiger charge is 2.36. The summed E-state index contributed by atoms with van der Waals surface area (Å²) in [6, 6.07) is 15.0. The van der Waals surface area contributed by atoms with Crippen LogP contribution in [0, 0.1) is 13.8 Å². The quantitative estimate of drug-likeness (QED) is 0.195. The summed E-state index contributed by atoms with van der Waals surface area (Å²) in [5.74, 6) is 0.0828. The third-order valence-corrected chi connectivity index (χ3v) is 9.23. The third-order valence-electron chi connectivity index (χ3n) is 7.22. The largest absolute Gasteiger partial charge is 0.496 e. The van der Waals surface area contributed by atoms with Crippen molar-refractivity contribution in [3.63, 3.8) is 0 Å². The first kappa shape index (κ1) is 30.3. The van der Waals surface area contributed by atoms with Gasteiger partial charge in [-0.05, 0) is 87.4 Å². The van der Waals surface area contributed by atoms with Gasteiger partial charge in [-0.3, -0.25) is 9.36 Å². The van der Waals surface area contributed by atoms with Gasteiger partial charge in [-0.15, -0.1) is 0 Å². The second-order valence-corrected chi connectivity index (χ2v) is 12.8. The fourth-order valence-electron chi connectivity index (χ4n) is 5.40. The number of allylic oxidation sites excluding steroid dienone is 1. The van der Waals surface area contributed by atoms with Gasteiger partial charge in [-0.25, -0.2) is 9.79 Å². The summed E-state index contributed by atoms with van der Waals surface area (Å²) in [6.45, 7) is 8.12. The summed E-state index contributed by atoms with van der Waals surface area (Å²) in [7, 11) is 1.58. The fourth-order valence-corrected chi connectivity index (χ4v) is 7.05. The minimum atomic E-state index is -0.758. The van der Waals surface area contributed by atoms with E-state index in [4.69, 9.17) is 14.5 Å². The Bertz CT molecular complexity index is 1880. The number of rotatable bonds is 8. The van der Waals surface area contributed by atoms with Crippen LogP contribution in [0.1, 0.15) is 55.2 Å². The van der Waals surface area contributed by atoms with E-state index in [1.54, 1.807) is 18.6 Å². The molecule has 2 aromatic heterocycles. The van der Waals surface area contributed by atoms with Gasteiger partial charge in [0.25, 0.3) is 5.56 Å². The van der Waals surface area contributed by atoms with E-state index in [9.17, 15) is 9.59 Å². The number of hydrogen-bond acceptors (Lipinski definition) is 6. The van der Waals surface area contributed by atoms with E-state index in [1.807, 2.05) is 50.3 Å². The number of aromatic nitrogens is 2. The number of nitrogens with zero attached hydrogens (tertiary/aromatic N) is 3. The van der Waals surface area contributed by atoms with Gasteiger partial charge >= 0.3 is 5.97 Å². The second-order valence-electron chi connectivity index (χ2n) is 9.94. The normalized spacial score (nSPS) is 15.0. The number of carbonyl (C=O) groups excluding carboxylic acids is 1. The molecule has 0 spiro atoms. The molecule has 1 atom stereocenters. The van der Waals surface area contributed by atoms with Gasteiger partial charge in [0.05, 0.1) is 29.5 Å². The molecular weight excluding hydrogens is 682 g/mol. The molecule has 0 saturated heterocycles. The maximum Gasteiger partial charge on any atom is 0.338 e. The monoisotopic (exact) mass is 711 g/mol. The molecule has 0 aliphatic carbocycles. The lowest BCUT2D eigenvalue weighted by molar-refractivity contribution is -0.139. The van der Waals surface area contributed by atoms with Crippen molar-refractivity contribution in [2.24, 2.45) is 4.99 Å². The molecule has 0 bridgehead atoms. The Kier molecular flexibility index (Phi) is 9.05. The molecular formula is C32H31Br2N3O4S. The number of hydrogen-bond donors (Lipinski definition) is 0. The predicted molar refractivity (Wildman–Crippen MR) is 173 cm³/mol. The molecule has 10 heteroatoms. The highest BCUT2D eigenvalue weighted by molar-refractivity contribution is 9.10. The molecule has 218 valence electrons. The Morgan fingerprint density at radius 2 is 1.79 bits per heavy atom. The van der Waals surface area contributed by atoms with Gasteiger partial charge in [0.1, 0.15) is 11.8 Å². The zero-order valence-corrected chi connectivity index (χ0v) is 28.0. The zero-order valence-electron chi connectivity index (χ0n) is 24.0. The van der Waals surface area contributed by atoms with Gasteiger partial charge in [-0.1, -0.05) is 56.5 Å². The summed E-state index contributed by atoms with van der Waals surface area (Å²) < 4.78 is 17.4. The second kappa shape index (κ2) is 12.6. The summed E-state index contributed by atoms with van der Waals surface area (Å²) in [4.78, 5) is 33.1. The van der Waals surface area contributed by atoms with Crippen LogP contribution in [-0.2, 0) is 9.53 Å². The Balaban J connectivity index is 1.76. The first-order valence-corrected chi connectivity index (χ1v) is 16.1. The van der Waals surface area contributed by atoms with Crippen molar-refractivity contribution >= 4 is 55.2 Å². The summed E-state index contributed by atoms with van der Waals surface area (Å²) in [5, 5.41) is 0. The molecule has 0 fully saturated rings. The molecule has 4 aromatic rings. The Morgan fingerprint density at radius 1 is 1.07 bits per heavy atom. The zero-order chi connectivity index (χ0) is 30.1. The van der Waals surface area contributed by atoms with Gasteiger partial charge in [0, 0.05) is 31.6 Å².